The van der Waals surface area contributed by atoms with Crippen LogP contribution in [0.3, 0.4) is 0 Å². The molecule has 0 heterocycles. The second-order valence-electron chi connectivity index (χ2n) is 4.76. The first-order chi connectivity index (χ1) is 10.6. The van der Waals surface area contributed by atoms with Crippen molar-refractivity contribution in [3.63, 3.8) is 0 Å². The van der Waals surface area contributed by atoms with Crippen molar-refractivity contribution in [1.29, 1.82) is 0 Å². The quantitative estimate of drug-likeness (QED) is 0.786. The molecule has 4 nitrogen and oxygen atoms in total. The molecule has 0 fully saturated rings. The van der Waals surface area contributed by atoms with Gasteiger partial charge in [0, 0.05) is 17.1 Å². The van der Waals surface area contributed by atoms with Crippen molar-refractivity contribution in [1.82, 2.24) is 4.90 Å². The minimum absolute atomic E-state index is 0.0571. The number of carbonyl (C=O) groups is 1. The van der Waals surface area contributed by atoms with Gasteiger partial charge in [0.1, 0.15) is 18.1 Å². The molecule has 0 atom stereocenters. The third-order valence-corrected chi connectivity index (χ3v) is 3.70. The van der Waals surface area contributed by atoms with Crippen LogP contribution >= 0.6 is 15.9 Å². The van der Waals surface area contributed by atoms with Gasteiger partial charge in [-0.15, -0.1) is 0 Å². The van der Waals surface area contributed by atoms with Gasteiger partial charge in [0.25, 0.3) is 5.91 Å². The van der Waals surface area contributed by atoms with Gasteiger partial charge in [0.05, 0.1) is 13.7 Å². The standard InChI is InChI=1S/C17H18BrNO3/c1-19(10-11-22-15-8-6-14(18)7-9-15)17(20)13-4-3-5-16(12-13)21-2/h3-9,12H,10-11H2,1-2H3. The van der Waals surface area contributed by atoms with Crippen molar-refractivity contribution in [2.75, 3.05) is 27.3 Å². The largest absolute Gasteiger partial charge is 0.497 e. The topological polar surface area (TPSA) is 38.8 Å². The molecular formula is C17H18BrNO3. The molecule has 0 aromatic heterocycles. The van der Waals surface area contributed by atoms with E-state index in [1.54, 1.807) is 37.3 Å². The van der Waals surface area contributed by atoms with E-state index >= 15 is 0 Å². The Labute approximate surface area is 138 Å². The van der Waals surface area contributed by atoms with Crippen molar-refractivity contribution in [3.05, 3.63) is 58.6 Å². The number of likely N-dealkylation sites (N-methyl/N-ethyl adjacent to an activating group) is 1. The Morgan fingerprint density at radius 3 is 2.55 bits per heavy atom. The fourth-order valence-electron chi connectivity index (χ4n) is 1.91. The fraction of sp³-hybridized carbons (Fsp3) is 0.235. The monoisotopic (exact) mass is 363 g/mol. The predicted octanol–water partition coefficient (Wildman–Crippen LogP) is 3.61. The normalized spacial score (nSPS) is 10.1. The Hall–Kier alpha value is -2.01. The summed E-state index contributed by atoms with van der Waals surface area (Å²) in [5.74, 6) is 1.40. The van der Waals surface area contributed by atoms with E-state index in [2.05, 4.69) is 15.9 Å². The van der Waals surface area contributed by atoms with E-state index in [9.17, 15) is 4.79 Å². The van der Waals surface area contributed by atoms with Crippen LogP contribution in [-0.4, -0.2) is 38.1 Å². The molecule has 0 radical (unpaired) electrons. The van der Waals surface area contributed by atoms with E-state index in [0.29, 0.717) is 24.5 Å². The van der Waals surface area contributed by atoms with Gasteiger partial charge in [-0.05, 0) is 42.5 Å². The Bertz CT molecular complexity index is 628. The molecule has 5 heteroatoms. The number of methoxy groups -OCH3 is 1. The van der Waals surface area contributed by atoms with Crippen LogP contribution in [0.2, 0.25) is 0 Å². The first-order valence-electron chi connectivity index (χ1n) is 6.88. The van der Waals surface area contributed by atoms with E-state index < -0.39 is 0 Å². The highest BCUT2D eigenvalue weighted by atomic mass is 79.9. The summed E-state index contributed by atoms with van der Waals surface area (Å²) in [5, 5.41) is 0. The number of amides is 1. The second-order valence-corrected chi connectivity index (χ2v) is 5.68. The molecule has 116 valence electrons. The Morgan fingerprint density at radius 1 is 1.14 bits per heavy atom. The van der Waals surface area contributed by atoms with Crippen LogP contribution in [0, 0.1) is 0 Å². The molecule has 22 heavy (non-hydrogen) atoms. The van der Waals surface area contributed by atoms with E-state index in [0.717, 1.165) is 10.2 Å². The lowest BCUT2D eigenvalue weighted by Crippen LogP contribution is -2.30. The zero-order valence-electron chi connectivity index (χ0n) is 12.6. The third-order valence-electron chi connectivity index (χ3n) is 3.17. The summed E-state index contributed by atoms with van der Waals surface area (Å²) in [6.45, 7) is 0.944. The number of ether oxygens (including phenoxy) is 2. The smallest absolute Gasteiger partial charge is 0.253 e. The summed E-state index contributed by atoms with van der Waals surface area (Å²) in [5.41, 5.74) is 0.602. The van der Waals surface area contributed by atoms with Crippen molar-refractivity contribution in [3.8, 4) is 11.5 Å². The van der Waals surface area contributed by atoms with Gasteiger partial charge in [-0.25, -0.2) is 0 Å². The van der Waals surface area contributed by atoms with E-state index in [1.807, 2.05) is 30.3 Å². The first kappa shape index (κ1) is 16.4. The number of nitrogens with zero attached hydrogens (tertiary/aromatic N) is 1. The Balaban J connectivity index is 1.87. The maximum atomic E-state index is 12.3. The highest BCUT2D eigenvalue weighted by molar-refractivity contribution is 9.10. The van der Waals surface area contributed by atoms with Gasteiger partial charge in [0.2, 0.25) is 0 Å². The minimum Gasteiger partial charge on any atom is -0.497 e. The van der Waals surface area contributed by atoms with Crippen molar-refractivity contribution >= 4 is 21.8 Å². The van der Waals surface area contributed by atoms with E-state index in [1.165, 1.54) is 0 Å². The Morgan fingerprint density at radius 2 is 1.86 bits per heavy atom. The molecule has 2 aromatic carbocycles. The molecule has 1 amide bonds. The predicted molar refractivity (Wildman–Crippen MR) is 89.6 cm³/mol. The lowest BCUT2D eigenvalue weighted by molar-refractivity contribution is 0.0773. The average molecular weight is 364 g/mol. The van der Waals surface area contributed by atoms with Gasteiger partial charge in [-0.1, -0.05) is 22.0 Å². The van der Waals surface area contributed by atoms with Gasteiger partial charge >= 0.3 is 0 Å². The fourth-order valence-corrected chi connectivity index (χ4v) is 2.17. The van der Waals surface area contributed by atoms with Crippen molar-refractivity contribution in [2.45, 2.75) is 0 Å². The summed E-state index contributed by atoms with van der Waals surface area (Å²) >= 11 is 3.37. The maximum Gasteiger partial charge on any atom is 0.253 e. The van der Waals surface area contributed by atoms with Crippen LogP contribution in [0.4, 0.5) is 0 Å². The highest BCUT2D eigenvalue weighted by Gasteiger charge is 2.12. The van der Waals surface area contributed by atoms with Gasteiger partial charge in [0.15, 0.2) is 0 Å². The minimum atomic E-state index is -0.0571. The average Bonchev–Trinajstić information content (AvgIpc) is 2.56. The van der Waals surface area contributed by atoms with Crippen LogP contribution in [0.25, 0.3) is 0 Å². The molecule has 2 aromatic rings. The highest BCUT2D eigenvalue weighted by Crippen LogP contribution is 2.16. The van der Waals surface area contributed by atoms with E-state index in [-0.39, 0.29) is 5.91 Å². The molecule has 2 rings (SSSR count). The Kier molecular flexibility index (Phi) is 5.83. The molecule has 0 aliphatic carbocycles. The second kappa shape index (κ2) is 7.84. The zero-order valence-corrected chi connectivity index (χ0v) is 14.2. The van der Waals surface area contributed by atoms with Gasteiger partial charge in [-0.3, -0.25) is 4.79 Å². The molecule has 0 saturated carbocycles. The zero-order chi connectivity index (χ0) is 15.9. The number of carbonyl (C=O) groups excluding carboxylic acids is 1. The lowest BCUT2D eigenvalue weighted by Gasteiger charge is -2.18. The molecule has 0 bridgehead atoms. The number of benzene rings is 2. The van der Waals surface area contributed by atoms with Gasteiger partial charge < -0.3 is 14.4 Å². The van der Waals surface area contributed by atoms with E-state index in [4.69, 9.17) is 9.47 Å². The van der Waals surface area contributed by atoms with Crippen LogP contribution in [0.1, 0.15) is 10.4 Å². The third kappa shape index (κ3) is 4.49. The van der Waals surface area contributed by atoms with Gasteiger partial charge in [-0.2, -0.15) is 0 Å². The number of hydrogen-bond acceptors (Lipinski definition) is 3. The maximum absolute atomic E-state index is 12.3. The lowest BCUT2D eigenvalue weighted by atomic mass is 10.2. The number of hydrogen-bond donors (Lipinski definition) is 0. The summed E-state index contributed by atoms with van der Waals surface area (Å²) < 4.78 is 11.8. The van der Waals surface area contributed by atoms with Crippen LogP contribution in [0.15, 0.2) is 53.0 Å². The molecule has 0 unspecified atom stereocenters. The summed E-state index contributed by atoms with van der Waals surface area (Å²) in [7, 11) is 3.34. The molecule has 0 aliphatic heterocycles. The first-order valence-corrected chi connectivity index (χ1v) is 7.67. The summed E-state index contributed by atoms with van der Waals surface area (Å²) in [6.07, 6.45) is 0. The molecule has 0 aliphatic rings. The van der Waals surface area contributed by atoms with Crippen molar-refractivity contribution in [2.24, 2.45) is 0 Å². The van der Waals surface area contributed by atoms with Crippen LogP contribution in [-0.2, 0) is 0 Å². The van der Waals surface area contributed by atoms with Crippen LogP contribution < -0.4 is 9.47 Å². The molecule has 0 N–H and O–H groups in total. The SMILES string of the molecule is COc1cccc(C(=O)N(C)CCOc2ccc(Br)cc2)c1. The van der Waals surface area contributed by atoms with Crippen LogP contribution in [0.5, 0.6) is 11.5 Å². The molecular weight excluding hydrogens is 346 g/mol. The molecule has 0 spiro atoms. The number of rotatable bonds is 6. The number of halogens is 1. The molecule has 0 saturated heterocycles. The summed E-state index contributed by atoms with van der Waals surface area (Å²) in [6, 6.07) is 14.7. The van der Waals surface area contributed by atoms with Crippen molar-refractivity contribution < 1.29 is 14.3 Å². The summed E-state index contributed by atoms with van der Waals surface area (Å²) in [4.78, 5) is 13.9.